The van der Waals surface area contributed by atoms with Crippen molar-refractivity contribution in [3.8, 4) is 11.5 Å². The lowest BCUT2D eigenvalue weighted by molar-refractivity contribution is 0.388. The Morgan fingerprint density at radius 1 is 1.12 bits per heavy atom. The van der Waals surface area contributed by atoms with Crippen LogP contribution in [0.2, 0.25) is 0 Å². The minimum absolute atomic E-state index is 0.542. The first-order chi connectivity index (χ1) is 8.17. The van der Waals surface area contributed by atoms with Gasteiger partial charge in [-0.25, -0.2) is 0 Å². The minimum atomic E-state index is 0.542. The van der Waals surface area contributed by atoms with Crippen LogP contribution in [0.4, 0.5) is 0 Å². The SMILES string of the molecule is CCCc1c(OC)cc(OC)cc1C(C)CC. The summed E-state index contributed by atoms with van der Waals surface area (Å²) >= 11 is 0. The standard InChI is InChI=1S/C15H24O2/c1-6-8-13-14(11(3)7-2)9-12(16-4)10-15(13)17-5/h9-11H,6-8H2,1-5H3. The molecule has 1 rings (SSSR count). The number of rotatable bonds is 6. The summed E-state index contributed by atoms with van der Waals surface area (Å²) in [5.74, 6) is 2.39. The van der Waals surface area contributed by atoms with E-state index in [1.165, 1.54) is 11.1 Å². The van der Waals surface area contributed by atoms with Crippen molar-refractivity contribution in [2.45, 2.75) is 46.0 Å². The molecule has 0 aliphatic rings. The number of hydrogen-bond donors (Lipinski definition) is 0. The van der Waals surface area contributed by atoms with Crippen molar-refractivity contribution in [3.63, 3.8) is 0 Å². The summed E-state index contributed by atoms with van der Waals surface area (Å²) in [7, 11) is 3.43. The molecule has 0 heterocycles. The van der Waals surface area contributed by atoms with Crippen LogP contribution in [0.3, 0.4) is 0 Å². The van der Waals surface area contributed by atoms with Gasteiger partial charge in [0.25, 0.3) is 0 Å². The van der Waals surface area contributed by atoms with Gasteiger partial charge in [0.1, 0.15) is 11.5 Å². The number of methoxy groups -OCH3 is 2. The molecule has 0 aliphatic heterocycles. The van der Waals surface area contributed by atoms with Crippen molar-refractivity contribution < 1.29 is 9.47 Å². The maximum atomic E-state index is 5.50. The highest BCUT2D eigenvalue weighted by molar-refractivity contribution is 5.48. The van der Waals surface area contributed by atoms with Gasteiger partial charge in [-0.1, -0.05) is 27.2 Å². The van der Waals surface area contributed by atoms with E-state index in [1.54, 1.807) is 14.2 Å². The van der Waals surface area contributed by atoms with E-state index < -0.39 is 0 Å². The summed E-state index contributed by atoms with van der Waals surface area (Å²) in [6, 6.07) is 4.14. The van der Waals surface area contributed by atoms with Crippen molar-refractivity contribution >= 4 is 0 Å². The monoisotopic (exact) mass is 236 g/mol. The lowest BCUT2D eigenvalue weighted by atomic mass is 9.90. The smallest absolute Gasteiger partial charge is 0.126 e. The van der Waals surface area contributed by atoms with Gasteiger partial charge in [-0.05, 0) is 36.0 Å². The van der Waals surface area contributed by atoms with E-state index in [2.05, 4.69) is 26.8 Å². The van der Waals surface area contributed by atoms with Gasteiger partial charge >= 0.3 is 0 Å². The van der Waals surface area contributed by atoms with Gasteiger partial charge in [-0.2, -0.15) is 0 Å². The average Bonchev–Trinajstić information content (AvgIpc) is 2.38. The summed E-state index contributed by atoms with van der Waals surface area (Å²) in [5.41, 5.74) is 2.70. The molecule has 0 fully saturated rings. The molecular weight excluding hydrogens is 212 g/mol. The fourth-order valence-electron chi connectivity index (χ4n) is 2.12. The topological polar surface area (TPSA) is 18.5 Å². The van der Waals surface area contributed by atoms with Gasteiger partial charge in [-0.15, -0.1) is 0 Å². The maximum absolute atomic E-state index is 5.50. The van der Waals surface area contributed by atoms with E-state index in [0.29, 0.717) is 5.92 Å². The van der Waals surface area contributed by atoms with Gasteiger partial charge < -0.3 is 9.47 Å². The maximum Gasteiger partial charge on any atom is 0.126 e. The molecule has 96 valence electrons. The highest BCUT2D eigenvalue weighted by Crippen LogP contribution is 2.35. The molecular formula is C15H24O2. The molecule has 0 aliphatic carbocycles. The number of ether oxygens (including phenoxy) is 2. The molecule has 0 aromatic heterocycles. The second-order valence-corrected chi connectivity index (χ2v) is 4.46. The normalized spacial score (nSPS) is 12.3. The van der Waals surface area contributed by atoms with Crippen LogP contribution in [0.5, 0.6) is 11.5 Å². The van der Waals surface area contributed by atoms with Gasteiger partial charge in [0.15, 0.2) is 0 Å². The first-order valence-corrected chi connectivity index (χ1v) is 6.42. The molecule has 1 aromatic carbocycles. The third-order valence-electron chi connectivity index (χ3n) is 3.32. The Hall–Kier alpha value is -1.18. The summed E-state index contributed by atoms with van der Waals surface area (Å²) in [5, 5.41) is 0. The van der Waals surface area contributed by atoms with Crippen LogP contribution in [-0.2, 0) is 6.42 Å². The number of hydrogen-bond acceptors (Lipinski definition) is 2. The molecule has 1 unspecified atom stereocenters. The zero-order chi connectivity index (χ0) is 12.8. The van der Waals surface area contributed by atoms with E-state index in [9.17, 15) is 0 Å². The summed E-state index contributed by atoms with van der Waals surface area (Å²) in [4.78, 5) is 0. The molecule has 2 nitrogen and oxygen atoms in total. The third-order valence-corrected chi connectivity index (χ3v) is 3.32. The zero-order valence-electron chi connectivity index (χ0n) is 11.7. The second-order valence-electron chi connectivity index (χ2n) is 4.46. The molecule has 0 N–H and O–H groups in total. The lowest BCUT2D eigenvalue weighted by Gasteiger charge is -2.19. The largest absolute Gasteiger partial charge is 0.497 e. The molecule has 0 saturated carbocycles. The molecule has 0 saturated heterocycles. The van der Waals surface area contributed by atoms with Gasteiger partial charge in [0.05, 0.1) is 14.2 Å². The summed E-state index contributed by atoms with van der Waals surface area (Å²) < 4.78 is 10.8. The molecule has 1 atom stereocenters. The Kier molecular flexibility index (Phi) is 5.33. The van der Waals surface area contributed by atoms with E-state index >= 15 is 0 Å². The van der Waals surface area contributed by atoms with E-state index in [-0.39, 0.29) is 0 Å². The van der Waals surface area contributed by atoms with Crippen LogP contribution in [0, 0.1) is 0 Å². The second kappa shape index (κ2) is 6.53. The van der Waals surface area contributed by atoms with E-state index in [0.717, 1.165) is 30.8 Å². The van der Waals surface area contributed by atoms with Crippen molar-refractivity contribution in [1.82, 2.24) is 0 Å². The predicted octanol–water partition coefficient (Wildman–Crippen LogP) is 4.17. The van der Waals surface area contributed by atoms with Crippen LogP contribution in [0.15, 0.2) is 12.1 Å². The van der Waals surface area contributed by atoms with Gasteiger partial charge in [0.2, 0.25) is 0 Å². The zero-order valence-corrected chi connectivity index (χ0v) is 11.7. The lowest BCUT2D eigenvalue weighted by Crippen LogP contribution is -2.03. The van der Waals surface area contributed by atoms with Crippen molar-refractivity contribution in [2.75, 3.05) is 14.2 Å². The molecule has 17 heavy (non-hydrogen) atoms. The molecule has 0 amide bonds. The molecule has 0 bridgehead atoms. The Morgan fingerprint density at radius 3 is 2.29 bits per heavy atom. The van der Waals surface area contributed by atoms with Crippen LogP contribution < -0.4 is 9.47 Å². The number of benzene rings is 1. The minimum Gasteiger partial charge on any atom is -0.497 e. The van der Waals surface area contributed by atoms with Crippen molar-refractivity contribution in [3.05, 3.63) is 23.3 Å². The molecule has 0 radical (unpaired) electrons. The van der Waals surface area contributed by atoms with E-state index in [4.69, 9.17) is 9.47 Å². The Morgan fingerprint density at radius 2 is 1.82 bits per heavy atom. The molecule has 1 aromatic rings. The fourth-order valence-corrected chi connectivity index (χ4v) is 2.12. The first-order valence-electron chi connectivity index (χ1n) is 6.42. The van der Waals surface area contributed by atoms with Gasteiger partial charge in [-0.3, -0.25) is 0 Å². The third kappa shape index (κ3) is 3.15. The summed E-state index contributed by atoms with van der Waals surface area (Å²) in [6.45, 7) is 6.67. The Balaban J connectivity index is 3.29. The molecule has 2 heteroatoms. The average molecular weight is 236 g/mol. The van der Waals surface area contributed by atoms with Crippen LogP contribution in [0.1, 0.15) is 50.7 Å². The highest BCUT2D eigenvalue weighted by atomic mass is 16.5. The fraction of sp³-hybridized carbons (Fsp3) is 0.600. The molecule has 0 spiro atoms. The van der Waals surface area contributed by atoms with Crippen LogP contribution in [-0.4, -0.2) is 14.2 Å². The Labute approximate surface area is 105 Å². The quantitative estimate of drug-likeness (QED) is 0.738. The Bertz CT molecular complexity index is 358. The van der Waals surface area contributed by atoms with Crippen LogP contribution in [0.25, 0.3) is 0 Å². The summed E-state index contributed by atoms with van der Waals surface area (Å²) in [6.07, 6.45) is 3.33. The highest BCUT2D eigenvalue weighted by Gasteiger charge is 2.15. The van der Waals surface area contributed by atoms with Crippen molar-refractivity contribution in [1.29, 1.82) is 0 Å². The van der Waals surface area contributed by atoms with Crippen LogP contribution >= 0.6 is 0 Å². The van der Waals surface area contributed by atoms with Gasteiger partial charge in [0, 0.05) is 6.07 Å². The first kappa shape index (κ1) is 13.9. The van der Waals surface area contributed by atoms with Crippen molar-refractivity contribution in [2.24, 2.45) is 0 Å². The van der Waals surface area contributed by atoms with E-state index in [1.807, 2.05) is 6.07 Å². The predicted molar refractivity (Wildman–Crippen MR) is 72.2 cm³/mol.